The number of furan rings is 1. The largest absolute Gasteiger partial charge is 0.465 e. The van der Waals surface area contributed by atoms with Crippen LogP contribution in [0.4, 0.5) is 0 Å². The van der Waals surface area contributed by atoms with Crippen molar-refractivity contribution in [1.29, 1.82) is 0 Å². The van der Waals surface area contributed by atoms with Crippen molar-refractivity contribution in [3.8, 4) is 5.75 Å². The van der Waals surface area contributed by atoms with Crippen molar-refractivity contribution in [2.75, 3.05) is 13.4 Å². The number of carbonyl (C=O) groups is 1. The highest BCUT2D eigenvalue weighted by atomic mass is 32.2. The fraction of sp³-hybridized carbons (Fsp3) is 0.250. The summed E-state index contributed by atoms with van der Waals surface area (Å²) in [6, 6.07) is 4.42. The molecule has 2 aromatic rings. The first-order chi connectivity index (χ1) is 8.81. The Morgan fingerprint density at radius 1 is 1.32 bits per heavy atom. The fourth-order valence-corrected chi connectivity index (χ4v) is 2.23. The van der Waals surface area contributed by atoms with Crippen LogP contribution in [0.25, 0.3) is 11.0 Å². The van der Waals surface area contributed by atoms with Gasteiger partial charge in [-0.2, -0.15) is 8.42 Å². The number of hydrogen-bond donors (Lipinski definition) is 0. The van der Waals surface area contributed by atoms with Gasteiger partial charge < -0.3 is 13.3 Å². The Bertz CT molecular complexity index is 741. The van der Waals surface area contributed by atoms with E-state index in [4.69, 9.17) is 8.60 Å². The molecule has 1 aromatic heterocycles. The first-order valence-electron chi connectivity index (χ1n) is 5.33. The van der Waals surface area contributed by atoms with Crippen molar-refractivity contribution in [3.05, 3.63) is 29.5 Å². The molecule has 7 heteroatoms. The van der Waals surface area contributed by atoms with E-state index in [2.05, 4.69) is 4.74 Å². The van der Waals surface area contributed by atoms with E-state index in [-0.39, 0.29) is 11.3 Å². The Balaban J connectivity index is 2.60. The molecule has 0 fully saturated rings. The van der Waals surface area contributed by atoms with Crippen LogP contribution in [-0.4, -0.2) is 27.8 Å². The van der Waals surface area contributed by atoms with Crippen LogP contribution in [0.15, 0.2) is 22.6 Å². The molecule has 0 saturated carbocycles. The number of esters is 1. The second-order valence-corrected chi connectivity index (χ2v) is 5.55. The van der Waals surface area contributed by atoms with Gasteiger partial charge in [0.05, 0.1) is 13.4 Å². The van der Waals surface area contributed by atoms with Gasteiger partial charge in [0.1, 0.15) is 22.7 Å². The maximum absolute atomic E-state index is 11.7. The second-order valence-electron chi connectivity index (χ2n) is 3.97. The second kappa shape index (κ2) is 4.58. The number of aryl methyl sites for hydroxylation is 1. The van der Waals surface area contributed by atoms with Crippen molar-refractivity contribution in [2.45, 2.75) is 6.92 Å². The zero-order valence-electron chi connectivity index (χ0n) is 10.6. The van der Waals surface area contributed by atoms with Gasteiger partial charge in [-0.1, -0.05) is 0 Å². The maximum Gasteiger partial charge on any atom is 0.342 e. The van der Waals surface area contributed by atoms with Gasteiger partial charge in [-0.25, -0.2) is 4.79 Å². The lowest BCUT2D eigenvalue weighted by atomic mass is 10.1. The maximum atomic E-state index is 11.7. The number of ether oxygens (including phenoxy) is 1. The van der Waals surface area contributed by atoms with Crippen molar-refractivity contribution < 1.29 is 26.5 Å². The molecule has 6 nitrogen and oxygen atoms in total. The summed E-state index contributed by atoms with van der Waals surface area (Å²) in [6.45, 7) is 1.63. The van der Waals surface area contributed by atoms with Crippen molar-refractivity contribution in [3.63, 3.8) is 0 Å². The monoisotopic (exact) mass is 284 g/mol. The summed E-state index contributed by atoms with van der Waals surface area (Å²) in [4.78, 5) is 11.7. The first kappa shape index (κ1) is 13.4. The molecule has 0 N–H and O–H groups in total. The van der Waals surface area contributed by atoms with E-state index >= 15 is 0 Å². The average molecular weight is 284 g/mol. The van der Waals surface area contributed by atoms with Crippen LogP contribution in [0.5, 0.6) is 5.75 Å². The predicted octanol–water partition coefficient (Wildman–Crippen LogP) is 1.87. The van der Waals surface area contributed by atoms with E-state index in [1.807, 2.05) is 0 Å². The first-order valence-corrected chi connectivity index (χ1v) is 7.14. The molecule has 1 heterocycles. The zero-order chi connectivity index (χ0) is 14.2. The molecule has 2 rings (SSSR count). The minimum absolute atomic E-state index is 0.112. The summed E-state index contributed by atoms with van der Waals surface area (Å²) in [5, 5.41) is 0.450. The third-order valence-electron chi connectivity index (χ3n) is 2.47. The van der Waals surface area contributed by atoms with E-state index < -0.39 is 16.1 Å². The minimum atomic E-state index is -3.62. The average Bonchev–Trinajstić information content (AvgIpc) is 2.61. The van der Waals surface area contributed by atoms with Crippen molar-refractivity contribution in [1.82, 2.24) is 0 Å². The summed E-state index contributed by atoms with van der Waals surface area (Å²) < 4.78 is 37.0. The molecular weight excluding hydrogens is 272 g/mol. The van der Waals surface area contributed by atoms with Crippen molar-refractivity contribution >= 4 is 27.1 Å². The highest BCUT2D eigenvalue weighted by Crippen LogP contribution is 2.29. The predicted molar refractivity (Wildman–Crippen MR) is 67.8 cm³/mol. The number of rotatable bonds is 3. The van der Waals surface area contributed by atoms with Crippen LogP contribution < -0.4 is 4.18 Å². The van der Waals surface area contributed by atoms with E-state index in [0.29, 0.717) is 16.7 Å². The zero-order valence-corrected chi connectivity index (χ0v) is 11.4. The van der Waals surface area contributed by atoms with Crippen LogP contribution >= 0.6 is 0 Å². The van der Waals surface area contributed by atoms with E-state index in [1.54, 1.807) is 6.92 Å². The Kier molecular flexibility index (Phi) is 3.23. The summed E-state index contributed by atoms with van der Waals surface area (Å²) in [6.07, 6.45) is 0.943. The Morgan fingerprint density at radius 2 is 2.00 bits per heavy atom. The molecule has 0 atom stereocenters. The van der Waals surface area contributed by atoms with Gasteiger partial charge in [0.15, 0.2) is 0 Å². The Labute approximate surface area is 110 Å². The molecule has 0 spiro atoms. The molecule has 0 aliphatic heterocycles. The van der Waals surface area contributed by atoms with Gasteiger partial charge in [0, 0.05) is 5.39 Å². The van der Waals surface area contributed by atoms with Crippen molar-refractivity contribution in [2.24, 2.45) is 0 Å². The molecule has 0 saturated heterocycles. The topological polar surface area (TPSA) is 82.8 Å². The number of fused-ring (bicyclic) bond motifs is 1. The number of methoxy groups -OCH3 is 1. The lowest BCUT2D eigenvalue weighted by Crippen LogP contribution is -2.06. The van der Waals surface area contributed by atoms with Gasteiger partial charge in [0.25, 0.3) is 0 Å². The minimum Gasteiger partial charge on any atom is -0.465 e. The number of carbonyl (C=O) groups excluding carboxylic acids is 1. The normalized spacial score (nSPS) is 11.5. The van der Waals surface area contributed by atoms with Crippen LogP contribution in [0.3, 0.4) is 0 Å². The number of hydrogen-bond acceptors (Lipinski definition) is 6. The lowest BCUT2D eigenvalue weighted by Gasteiger charge is -2.02. The van der Waals surface area contributed by atoms with Crippen LogP contribution in [0.1, 0.15) is 16.1 Å². The van der Waals surface area contributed by atoms with Gasteiger partial charge in [-0.05, 0) is 25.1 Å². The number of benzene rings is 1. The lowest BCUT2D eigenvalue weighted by molar-refractivity contribution is 0.0600. The fourth-order valence-electron chi connectivity index (χ4n) is 1.78. The van der Waals surface area contributed by atoms with Gasteiger partial charge in [0.2, 0.25) is 0 Å². The highest BCUT2D eigenvalue weighted by Gasteiger charge is 2.19. The van der Waals surface area contributed by atoms with Gasteiger partial charge in [-0.3, -0.25) is 0 Å². The van der Waals surface area contributed by atoms with Crippen LogP contribution in [0, 0.1) is 6.92 Å². The molecule has 0 aliphatic carbocycles. The van der Waals surface area contributed by atoms with E-state index in [0.717, 1.165) is 6.26 Å². The Hall–Kier alpha value is -2.02. The smallest absolute Gasteiger partial charge is 0.342 e. The third kappa shape index (κ3) is 2.70. The van der Waals surface area contributed by atoms with Gasteiger partial charge >= 0.3 is 16.1 Å². The molecule has 1 aromatic carbocycles. The quantitative estimate of drug-likeness (QED) is 0.632. The molecule has 0 amide bonds. The molecule has 0 aliphatic rings. The molecule has 102 valence electrons. The van der Waals surface area contributed by atoms with Crippen LogP contribution in [0.2, 0.25) is 0 Å². The summed E-state index contributed by atoms with van der Waals surface area (Å²) >= 11 is 0. The molecular formula is C12H12O6S. The van der Waals surface area contributed by atoms with Gasteiger partial charge in [-0.15, -0.1) is 0 Å². The van der Waals surface area contributed by atoms with E-state index in [9.17, 15) is 13.2 Å². The Morgan fingerprint density at radius 3 is 2.58 bits per heavy atom. The summed E-state index contributed by atoms with van der Waals surface area (Å²) in [5.74, 6) is -0.0351. The van der Waals surface area contributed by atoms with Crippen LogP contribution in [-0.2, 0) is 14.9 Å². The standard InChI is InChI=1S/C12H12O6S/c1-7-11(12(13)16-2)9-6-8(18-19(3,14)15)4-5-10(9)17-7/h4-6H,1-3H3. The third-order valence-corrected chi connectivity index (χ3v) is 2.97. The molecule has 0 bridgehead atoms. The SMILES string of the molecule is COC(=O)c1c(C)oc2ccc(OS(C)(=O)=O)cc12. The highest BCUT2D eigenvalue weighted by molar-refractivity contribution is 7.86. The molecule has 19 heavy (non-hydrogen) atoms. The van der Waals surface area contributed by atoms with E-state index in [1.165, 1.54) is 25.3 Å². The summed E-state index contributed by atoms with van der Waals surface area (Å²) in [5.41, 5.74) is 0.718. The molecule has 0 radical (unpaired) electrons. The summed E-state index contributed by atoms with van der Waals surface area (Å²) in [7, 11) is -2.36. The molecule has 0 unspecified atom stereocenters.